The lowest BCUT2D eigenvalue weighted by Gasteiger charge is -2.50. The van der Waals surface area contributed by atoms with E-state index in [4.69, 9.17) is 0 Å². The third kappa shape index (κ3) is 5.61. The summed E-state index contributed by atoms with van der Waals surface area (Å²) in [6.45, 7) is 22.2. The molecule has 128 valence electrons. The molecule has 0 spiro atoms. The molecular weight excluding hydrogens is 252 g/mol. The number of rotatable bonds is 11. The van der Waals surface area contributed by atoms with Crippen molar-refractivity contribution in [3.8, 4) is 0 Å². The summed E-state index contributed by atoms with van der Waals surface area (Å²) in [7, 11) is 0. The third-order valence-electron chi connectivity index (χ3n) is 6.71. The minimum absolute atomic E-state index is 0.438. The number of hydrogen-bond acceptors (Lipinski definition) is 0. The minimum Gasteiger partial charge on any atom is -0.0654 e. The SMILES string of the molecule is CCCCCC(C)C(C)(C)C(CC)C(C)(C)C(C)CCC. The average Bonchev–Trinajstić information content (AvgIpc) is 2.39. The van der Waals surface area contributed by atoms with Gasteiger partial charge in [-0.25, -0.2) is 0 Å². The molecule has 21 heavy (non-hydrogen) atoms. The molecule has 0 aromatic heterocycles. The van der Waals surface area contributed by atoms with Crippen molar-refractivity contribution in [3.05, 3.63) is 0 Å². The first-order chi connectivity index (χ1) is 9.66. The summed E-state index contributed by atoms with van der Waals surface area (Å²) < 4.78 is 0. The van der Waals surface area contributed by atoms with Gasteiger partial charge in [0.1, 0.15) is 0 Å². The molecule has 0 saturated carbocycles. The Morgan fingerprint density at radius 3 is 1.52 bits per heavy atom. The Kier molecular flexibility index (Phi) is 9.21. The molecule has 3 unspecified atom stereocenters. The zero-order chi connectivity index (χ0) is 16.7. The Labute approximate surface area is 136 Å². The molecule has 0 rings (SSSR count). The van der Waals surface area contributed by atoms with Crippen molar-refractivity contribution < 1.29 is 0 Å². The molecular formula is C21H44. The Hall–Kier alpha value is 0. The zero-order valence-corrected chi connectivity index (χ0v) is 16.7. The van der Waals surface area contributed by atoms with Gasteiger partial charge in [-0.2, -0.15) is 0 Å². The average molecular weight is 297 g/mol. The van der Waals surface area contributed by atoms with Gasteiger partial charge >= 0.3 is 0 Å². The Bertz CT molecular complexity index is 261. The van der Waals surface area contributed by atoms with E-state index < -0.39 is 0 Å². The molecule has 0 aromatic rings. The summed E-state index contributed by atoms with van der Waals surface area (Å²) in [5.74, 6) is 2.44. The Morgan fingerprint density at radius 2 is 1.14 bits per heavy atom. The molecule has 0 aliphatic rings. The molecule has 0 heteroatoms. The van der Waals surface area contributed by atoms with Gasteiger partial charge in [-0.05, 0) is 28.6 Å². The fourth-order valence-corrected chi connectivity index (χ4v) is 4.58. The van der Waals surface area contributed by atoms with Crippen LogP contribution in [0.5, 0.6) is 0 Å². The van der Waals surface area contributed by atoms with E-state index >= 15 is 0 Å². The van der Waals surface area contributed by atoms with Crippen molar-refractivity contribution in [3.63, 3.8) is 0 Å². The molecule has 3 atom stereocenters. The van der Waals surface area contributed by atoms with Crippen LogP contribution in [-0.2, 0) is 0 Å². The van der Waals surface area contributed by atoms with Crippen LogP contribution in [0.1, 0.15) is 107 Å². The highest BCUT2D eigenvalue weighted by Gasteiger charge is 2.44. The first-order valence-electron chi connectivity index (χ1n) is 9.66. The fraction of sp³-hybridized carbons (Fsp3) is 1.00. The minimum atomic E-state index is 0.438. The molecule has 0 amide bonds. The van der Waals surface area contributed by atoms with E-state index in [-0.39, 0.29) is 0 Å². The molecule has 0 heterocycles. The summed E-state index contributed by atoms with van der Waals surface area (Å²) in [6.07, 6.45) is 9.53. The highest BCUT2D eigenvalue weighted by Crippen LogP contribution is 2.52. The monoisotopic (exact) mass is 296 g/mol. The van der Waals surface area contributed by atoms with E-state index in [1.807, 2.05) is 0 Å². The van der Waals surface area contributed by atoms with Gasteiger partial charge in [-0.15, -0.1) is 0 Å². The summed E-state index contributed by atoms with van der Waals surface area (Å²) in [4.78, 5) is 0. The van der Waals surface area contributed by atoms with Crippen LogP contribution >= 0.6 is 0 Å². The molecule has 0 aliphatic heterocycles. The van der Waals surface area contributed by atoms with Gasteiger partial charge in [0.25, 0.3) is 0 Å². The molecule has 0 N–H and O–H groups in total. The van der Waals surface area contributed by atoms with Crippen LogP contribution in [0.4, 0.5) is 0 Å². The Balaban J connectivity index is 5.03. The van der Waals surface area contributed by atoms with Crippen molar-refractivity contribution in [2.24, 2.45) is 28.6 Å². The topological polar surface area (TPSA) is 0 Å². The molecule has 0 aromatic carbocycles. The van der Waals surface area contributed by atoms with Gasteiger partial charge in [0.15, 0.2) is 0 Å². The highest BCUT2D eigenvalue weighted by molar-refractivity contribution is 4.93. The predicted molar refractivity (Wildman–Crippen MR) is 98.7 cm³/mol. The maximum Gasteiger partial charge on any atom is -0.0295 e. The molecule has 0 bridgehead atoms. The van der Waals surface area contributed by atoms with E-state index in [1.165, 1.54) is 44.9 Å². The van der Waals surface area contributed by atoms with Crippen molar-refractivity contribution >= 4 is 0 Å². The van der Waals surface area contributed by atoms with E-state index in [2.05, 4.69) is 62.3 Å². The first kappa shape index (κ1) is 21.0. The van der Waals surface area contributed by atoms with Crippen molar-refractivity contribution in [2.75, 3.05) is 0 Å². The van der Waals surface area contributed by atoms with E-state index in [0.29, 0.717) is 10.8 Å². The second-order valence-electron chi connectivity index (χ2n) is 8.69. The van der Waals surface area contributed by atoms with Crippen LogP contribution in [0.3, 0.4) is 0 Å². The lowest BCUT2D eigenvalue weighted by Crippen LogP contribution is -2.43. The van der Waals surface area contributed by atoms with Crippen LogP contribution in [0, 0.1) is 28.6 Å². The zero-order valence-electron chi connectivity index (χ0n) is 16.7. The quantitative estimate of drug-likeness (QED) is 0.342. The van der Waals surface area contributed by atoms with Crippen LogP contribution in [0.2, 0.25) is 0 Å². The van der Waals surface area contributed by atoms with Crippen LogP contribution in [-0.4, -0.2) is 0 Å². The van der Waals surface area contributed by atoms with Gasteiger partial charge in [0, 0.05) is 0 Å². The van der Waals surface area contributed by atoms with E-state index in [1.54, 1.807) is 0 Å². The second-order valence-corrected chi connectivity index (χ2v) is 8.69. The van der Waals surface area contributed by atoms with Gasteiger partial charge in [0.2, 0.25) is 0 Å². The third-order valence-corrected chi connectivity index (χ3v) is 6.71. The molecule has 0 nitrogen and oxygen atoms in total. The first-order valence-corrected chi connectivity index (χ1v) is 9.66. The lowest BCUT2D eigenvalue weighted by atomic mass is 9.55. The van der Waals surface area contributed by atoms with E-state index in [9.17, 15) is 0 Å². The fourth-order valence-electron chi connectivity index (χ4n) is 4.58. The lowest BCUT2D eigenvalue weighted by molar-refractivity contribution is -0.0132. The summed E-state index contributed by atoms with van der Waals surface area (Å²) in [5, 5.41) is 0. The standard InChI is InChI=1S/C21H44/c1-10-13-14-16-18(5)21(8,9)19(12-3)20(6,7)17(4)15-11-2/h17-19H,10-16H2,1-9H3. The summed E-state index contributed by atoms with van der Waals surface area (Å²) in [5.41, 5.74) is 0.876. The number of hydrogen-bond donors (Lipinski definition) is 0. The maximum absolute atomic E-state index is 2.54. The largest absolute Gasteiger partial charge is 0.0654 e. The highest BCUT2D eigenvalue weighted by atomic mass is 14.5. The normalized spacial score (nSPS) is 17.6. The van der Waals surface area contributed by atoms with Crippen molar-refractivity contribution in [1.82, 2.24) is 0 Å². The van der Waals surface area contributed by atoms with Gasteiger partial charge in [-0.1, -0.05) is 107 Å². The number of unbranched alkanes of at least 4 members (excludes halogenated alkanes) is 2. The molecule has 0 aliphatic carbocycles. The molecule has 0 fully saturated rings. The van der Waals surface area contributed by atoms with Gasteiger partial charge < -0.3 is 0 Å². The Morgan fingerprint density at radius 1 is 0.667 bits per heavy atom. The summed E-state index contributed by atoms with van der Waals surface area (Å²) >= 11 is 0. The van der Waals surface area contributed by atoms with Crippen molar-refractivity contribution in [2.45, 2.75) is 107 Å². The smallest absolute Gasteiger partial charge is 0.0295 e. The van der Waals surface area contributed by atoms with Gasteiger partial charge in [0.05, 0.1) is 0 Å². The van der Waals surface area contributed by atoms with Crippen LogP contribution in [0.15, 0.2) is 0 Å². The van der Waals surface area contributed by atoms with Crippen LogP contribution in [0.25, 0.3) is 0 Å². The van der Waals surface area contributed by atoms with Gasteiger partial charge in [-0.3, -0.25) is 0 Å². The molecule has 0 radical (unpaired) electrons. The maximum atomic E-state index is 2.54. The van der Waals surface area contributed by atoms with Crippen LogP contribution < -0.4 is 0 Å². The van der Waals surface area contributed by atoms with E-state index in [0.717, 1.165) is 17.8 Å². The summed E-state index contributed by atoms with van der Waals surface area (Å²) in [6, 6.07) is 0. The predicted octanol–water partition coefficient (Wildman–Crippen LogP) is 7.72. The second kappa shape index (κ2) is 9.21. The molecule has 0 saturated heterocycles. The van der Waals surface area contributed by atoms with Crippen molar-refractivity contribution in [1.29, 1.82) is 0 Å².